The highest BCUT2D eigenvalue weighted by molar-refractivity contribution is 5.95. The second-order valence-electron chi connectivity index (χ2n) is 9.73. The van der Waals surface area contributed by atoms with Gasteiger partial charge in [-0.15, -0.1) is 0 Å². The van der Waals surface area contributed by atoms with Gasteiger partial charge in [0.25, 0.3) is 0 Å². The van der Waals surface area contributed by atoms with Crippen molar-refractivity contribution in [3.05, 3.63) is 118 Å². The quantitative estimate of drug-likeness (QED) is 0.274. The highest BCUT2D eigenvalue weighted by atomic mass is 14.5. The Hall–Kier alpha value is -3.12. The number of hydrogen-bond donors (Lipinski definition) is 0. The molecule has 0 unspecified atom stereocenters. The van der Waals surface area contributed by atoms with Crippen molar-refractivity contribution in [1.82, 2.24) is 0 Å². The van der Waals surface area contributed by atoms with E-state index in [0.717, 1.165) is 0 Å². The molecule has 0 saturated heterocycles. The molecule has 6 rings (SSSR count). The predicted octanol–water partition coefficient (Wildman–Crippen LogP) is 8.28. The second kappa shape index (κ2) is 6.44. The monoisotopic (exact) mass is 400 g/mol. The summed E-state index contributed by atoms with van der Waals surface area (Å²) in [5.41, 5.74) is 14.0. The van der Waals surface area contributed by atoms with E-state index in [4.69, 9.17) is 0 Å². The summed E-state index contributed by atoms with van der Waals surface area (Å²) in [7, 11) is 0. The third-order valence-electron chi connectivity index (χ3n) is 7.45. The lowest BCUT2D eigenvalue weighted by Crippen LogP contribution is -2.27. The molecular weight excluding hydrogens is 372 g/mol. The van der Waals surface area contributed by atoms with E-state index in [2.05, 4.69) is 113 Å². The molecule has 0 atom stereocenters. The van der Waals surface area contributed by atoms with Gasteiger partial charge in [-0.2, -0.15) is 0 Å². The Bertz CT molecular complexity index is 1290. The van der Waals surface area contributed by atoms with Crippen molar-refractivity contribution in [2.24, 2.45) is 0 Å². The van der Waals surface area contributed by atoms with Crippen molar-refractivity contribution in [1.29, 1.82) is 0 Å². The van der Waals surface area contributed by atoms with Gasteiger partial charge in [-0.05, 0) is 67.5 Å². The maximum Gasteiger partial charge on any atom is 0.0728 e. The van der Waals surface area contributed by atoms with Gasteiger partial charge in [-0.25, -0.2) is 0 Å². The number of benzene rings is 4. The summed E-state index contributed by atoms with van der Waals surface area (Å²) in [4.78, 5) is 0. The van der Waals surface area contributed by atoms with Crippen molar-refractivity contribution in [3.63, 3.8) is 0 Å². The Balaban J connectivity index is 1.85. The van der Waals surface area contributed by atoms with Crippen molar-refractivity contribution < 1.29 is 0 Å². The average molecular weight is 401 g/mol. The molecule has 152 valence electrons. The first-order valence-corrected chi connectivity index (χ1v) is 11.5. The van der Waals surface area contributed by atoms with E-state index in [9.17, 15) is 0 Å². The Morgan fingerprint density at radius 2 is 1.10 bits per heavy atom. The van der Waals surface area contributed by atoms with Gasteiger partial charge in [0.1, 0.15) is 0 Å². The maximum absolute atomic E-state index is 2.50. The normalized spacial score (nSPS) is 14.6. The van der Waals surface area contributed by atoms with E-state index < -0.39 is 0 Å². The highest BCUT2D eigenvalue weighted by Crippen LogP contribution is 2.64. The predicted molar refractivity (Wildman–Crippen MR) is 131 cm³/mol. The van der Waals surface area contributed by atoms with Crippen LogP contribution in [-0.4, -0.2) is 0 Å². The lowest BCUT2D eigenvalue weighted by Gasteiger charge is -2.33. The fourth-order valence-electron chi connectivity index (χ4n) is 6.09. The molecule has 0 nitrogen and oxygen atoms in total. The third-order valence-corrected chi connectivity index (χ3v) is 7.45. The van der Waals surface area contributed by atoms with Crippen LogP contribution in [0.5, 0.6) is 0 Å². The van der Waals surface area contributed by atoms with Gasteiger partial charge < -0.3 is 0 Å². The van der Waals surface area contributed by atoms with E-state index in [0.29, 0.717) is 11.8 Å². The Morgan fingerprint density at radius 1 is 0.516 bits per heavy atom. The first-order valence-electron chi connectivity index (χ1n) is 11.5. The largest absolute Gasteiger partial charge is 0.0728 e. The first-order chi connectivity index (χ1) is 15.0. The molecule has 0 aromatic heterocycles. The molecule has 0 saturated carbocycles. The standard InChI is InChI=1S/C31H28/c1-19(2)21-16-17-25-26-13-9-12-22(20(3)4)30(26)31(29(25)18-21)27-14-7-5-10-23(27)24-11-6-8-15-28(24)31/h5-20H,1-4H3. The molecule has 0 radical (unpaired) electrons. The van der Waals surface area contributed by atoms with Crippen molar-refractivity contribution in [2.75, 3.05) is 0 Å². The van der Waals surface area contributed by atoms with Gasteiger partial charge in [0, 0.05) is 0 Å². The van der Waals surface area contributed by atoms with E-state index in [1.807, 2.05) is 0 Å². The first kappa shape index (κ1) is 18.6. The molecule has 2 aliphatic rings. The SMILES string of the molecule is CC(C)c1ccc2c(c1)C1(c3ccccc3-c3ccccc31)c1c-2cccc1C(C)C. The summed E-state index contributed by atoms with van der Waals surface area (Å²) >= 11 is 0. The zero-order valence-corrected chi connectivity index (χ0v) is 18.7. The van der Waals surface area contributed by atoms with Crippen LogP contribution in [0.15, 0.2) is 84.9 Å². The minimum absolute atomic E-state index is 0.233. The van der Waals surface area contributed by atoms with Crippen LogP contribution in [0.25, 0.3) is 22.3 Å². The van der Waals surface area contributed by atoms with Crippen LogP contribution in [-0.2, 0) is 5.41 Å². The van der Waals surface area contributed by atoms with Crippen LogP contribution in [0.1, 0.15) is 72.9 Å². The summed E-state index contributed by atoms with van der Waals surface area (Å²) in [5.74, 6) is 0.966. The van der Waals surface area contributed by atoms with Gasteiger partial charge in [-0.1, -0.05) is 113 Å². The molecule has 0 fully saturated rings. The topological polar surface area (TPSA) is 0 Å². The molecule has 0 aliphatic heterocycles. The molecule has 2 aliphatic carbocycles. The lowest BCUT2D eigenvalue weighted by molar-refractivity contribution is 0.746. The fraction of sp³-hybridized carbons (Fsp3) is 0.226. The molecule has 4 aromatic rings. The number of rotatable bonds is 2. The molecule has 4 aromatic carbocycles. The molecule has 0 amide bonds. The molecule has 0 N–H and O–H groups in total. The Morgan fingerprint density at radius 3 is 1.71 bits per heavy atom. The summed E-state index contributed by atoms with van der Waals surface area (Å²) in [5, 5.41) is 0. The zero-order valence-electron chi connectivity index (χ0n) is 18.7. The molecule has 0 heteroatoms. The minimum Gasteiger partial charge on any atom is -0.0619 e. The fourth-order valence-corrected chi connectivity index (χ4v) is 6.09. The Labute approximate surface area is 185 Å². The van der Waals surface area contributed by atoms with Crippen molar-refractivity contribution in [3.8, 4) is 22.3 Å². The van der Waals surface area contributed by atoms with Crippen molar-refractivity contribution >= 4 is 0 Å². The van der Waals surface area contributed by atoms with Gasteiger partial charge >= 0.3 is 0 Å². The third kappa shape index (κ3) is 2.26. The second-order valence-corrected chi connectivity index (χ2v) is 9.73. The van der Waals surface area contributed by atoms with E-state index >= 15 is 0 Å². The van der Waals surface area contributed by atoms with Gasteiger partial charge in [-0.3, -0.25) is 0 Å². The average Bonchev–Trinajstić information content (AvgIpc) is 3.26. The molecular formula is C31H28. The summed E-state index contributed by atoms with van der Waals surface area (Å²) < 4.78 is 0. The molecule has 1 spiro atoms. The smallest absolute Gasteiger partial charge is 0.0619 e. The summed E-state index contributed by atoms with van der Waals surface area (Å²) in [6.45, 7) is 9.26. The van der Waals surface area contributed by atoms with E-state index in [-0.39, 0.29) is 5.41 Å². The van der Waals surface area contributed by atoms with Crippen LogP contribution in [0.4, 0.5) is 0 Å². The molecule has 0 heterocycles. The maximum atomic E-state index is 2.50. The Kier molecular flexibility index (Phi) is 3.87. The number of fused-ring (bicyclic) bond motifs is 10. The highest BCUT2D eigenvalue weighted by Gasteiger charge is 2.52. The van der Waals surface area contributed by atoms with Crippen LogP contribution < -0.4 is 0 Å². The number of hydrogen-bond acceptors (Lipinski definition) is 0. The van der Waals surface area contributed by atoms with Gasteiger partial charge in [0.05, 0.1) is 5.41 Å². The van der Waals surface area contributed by atoms with Crippen molar-refractivity contribution in [2.45, 2.75) is 44.9 Å². The van der Waals surface area contributed by atoms with Gasteiger partial charge in [0.15, 0.2) is 0 Å². The summed E-state index contributed by atoms with van der Waals surface area (Å²) in [6.07, 6.45) is 0. The summed E-state index contributed by atoms with van der Waals surface area (Å²) in [6, 6.07) is 32.3. The van der Waals surface area contributed by atoms with Crippen LogP contribution in [0.2, 0.25) is 0 Å². The van der Waals surface area contributed by atoms with Crippen LogP contribution in [0.3, 0.4) is 0 Å². The van der Waals surface area contributed by atoms with E-state index in [1.165, 1.54) is 55.6 Å². The minimum atomic E-state index is -0.233. The van der Waals surface area contributed by atoms with Gasteiger partial charge in [0.2, 0.25) is 0 Å². The lowest BCUT2D eigenvalue weighted by atomic mass is 9.68. The molecule has 31 heavy (non-hydrogen) atoms. The van der Waals surface area contributed by atoms with Crippen LogP contribution >= 0.6 is 0 Å². The van der Waals surface area contributed by atoms with E-state index in [1.54, 1.807) is 0 Å². The zero-order chi connectivity index (χ0) is 21.3. The van der Waals surface area contributed by atoms with Crippen LogP contribution in [0, 0.1) is 0 Å². The molecule has 0 bridgehead atoms.